The van der Waals surface area contributed by atoms with Crippen LogP contribution >= 0.6 is 0 Å². The van der Waals surface area contributed by atoms with Crippen LogP contribution in [0.5, 0.6) is 5.75 Å². The molecule has 0 saturated heterocycles. The van der Waals surface area contributed by atoms with Crippen molar-refractivity contribution in [2.75, 3.05) is 5.75 Å². The number of rotatable bonds is 7. The molecule has 0 radical (unpaired) electrons. The summed E-state index contributed by atoms with van der Waals surface area (Å²) in [5.74, 6) is -2.21. The van der Waals surface area contributed by atoms with E-state index >= 15 is 0 Å². The molecule has 0 N–H and O–H groups in total. The van der Waals surface area contributed by atoms with Crippen LogP contribution in [0, 0.1) is 0 Å². The van der Waals surface area contributed by atoms with Crippen molar-refractivity contribution in [3.8, 4) is 5.75 Å². The summed E-state index contributed by atoms with van der Waals surface area (Å²) in [6.45, 7) is 11.9. The average molecular weight is 341 g/mol. The second kappa shape index (κ2) is 7.34. The maximum atomic E-state index is 11.9. The Labute approximate surface area is 138 Å². The van der Waals surface area contributed by atoms with E-state index in [2.05, 4.69) is 13.8 Å². The normalized spacial score (nSPS) is 12.2. The first-order valence-corrected chi connectivity index (χ1v) is 9.32. The van der Waals surface area contributed by atoms with Gasteiger partial charge in [-0.2, -0.15) is 8.42 Å². The lowest BCUT2D eigenvalue weighted by molar-refractivity contribution is -0.301. The zero-order valence-electron chi connectivity index (χ0n) is 14.5. The van der Waals surface area contributed by atoms with E-state index in [9.17, 15) is 18.3 Å². The summed E-state index contributed by atoms with van der Waals surface area (Å²) in [6, 6.07) is 3.87. The van der Waals surface area contributed by atoms with Crippen molar-refractivity contribution in [1.82, 2.24) is 0 Å². The number of aliphatic carboxylic acids is 1. The minimum absolute atomic E-state index is 0.0411. The van der Waals surface area contributed by atoms with Gasteiger partial charge in [-0.3, -0.25) is 0 Å². The molecule has 0 aliphatic carbocycles. The van der Waals surface area contributed by atoms with Crippen molar-refractivity contribution in [3.05, 3.63) is 28.8 Å². The van der Waals surface area contributed by atoms with E-state index in [0.717, 1.165) is 16.7 Å². The fourth-order valence-corrected chi connectivity index (χ4v) is 3.08. The van der Waals surface area contributed by atoms with Crippen molar-refractivity contribution in [2.24, 2.45) is 0 Å². The molecule has 1 rings (SSSR count). The number of hydrogen-bond acceptors (Lipinski definition) is 5. The van der Waals surface area contributed by atoms with Crippen LogP contribution in [-0.2, 0) is 14.9 Å². The molecule has 0 unspecified atom stereocenters. The first kappa shape index (κ1) is 19.5. The van der Waals surface area contributed by atoms with E-state index in [4.69, 9.17) is 4.18 Å². The van der Waals surface area contributed by atoms with Crippen LogP contribution in [0.4, 0.5) is 0 Å². The highest BCUT2D eigenvalue weighted by atomic mass is 32.2. The topological polar surface area (TPSA) is 83.5 Å². The van der Waals surface area contributed by atoms with E-state index in [-0.39, 0.29) is 17.6 Å². The van der Waals surface area contributed by atoms with Gasteiger partial charge in [-0.05, 0) is 34.4 Å². The predicted molar refractivity (Wildman–Crippen MR) is 88.1 cm³/mol. The van der Waals surface area contributed by atoms with Gasteiger partial charge in [0.1, 0.15) is 11.5 Å². The van der Waals surface area contributed by atoms with Crippen molar-refractivity contribution >= 4 is 16.1 Å². The third-order valence-corrected chi connectivity index (χ3v) is 4.59. The molecule has 1 aromatic carbocycles. The first-order valence-electron chi connectivity index (χ1n) is 7.74. The Kier molecular flexibility index (Phi) is 6.22. The summed E-state index contributed by atoms with van der Waals surface area (Å²) < 4.78 is 29.1. The van der Waals surface area contributed by atoms with Crippen molar-refractivity contribution < 1.29 is 22.5 Å². The van der Waals surface area contributed by atoms with E-state index in [1.165, 1.54) is 0 Å². The van der Waals surface area contributed by atoms with E-state index < -0.39 is 21.8 Å². The quantitative estimate of drug-likeness (QED) is 0.712. The molecule has 0 aliphatic rings. The van der Waals surface area contributed by atoms with Crippen LogP contribution in [0.3, 0.4) is 0 Å². The molecule has 0 heterocycles. The molecular weight excluding hydrogens is 316 g/mol. The lowest BCUT2D eigenvalue weighted by Crippen LogP contribution is -2.33. The van der Waals surface area contributed by atoms with Crippen LogP contribution < -0.4 is 9.29 Å². The summed E-state index contributed by atoms with van der Waals surface area (Å²) >= 11 is 0. The molecule has 0 aliphatic heterocycles. The molecule has 0 saturated carbocycles. The minimum Gasteiger partial charge on any atom is -0.549 e. The first-order chi connectivity index (χ1) is 10.4. The number of carbonyl (C=O) groups excluding carboxylic acids is 1. The SMILES string of the molecule is CC(C)c1cc(C(C)C)c(OS(=O)(=O)CC(=O)[O-])c(C(C)C)c1. The standard InChI is InChI=1S/C17H26O5S/c1-10(2)13-7-14(11(3)4)17(15(8-13)12(5)6)22-23(20,21)9-16(18)19/h7-8,10-12H,9H2,1-6H3,(H,18,19)/p-1. The van der Waals surface area contributed by atoms with Crippen LogP contribution in [-0.4, -0.2) is 20.1 Å². The van der Waals surface area contributed by atoms with Gasteiger partial charge < -0.3 is 14.1 Å². The zero-order chi connectivity index (χ0) is 17.9. The Morgan fingerprint density at radius 1 is 1.00 bits per heavy atom. The molecule has 1 aromatic rings. The second-order valence-electron chi connectivity index (χ2n) is 6.65. The molecule has 130 valence electrons. The smallest absolute Gasteiger partial charge is 0.314 e. The van der Waals surface area contributed by atoms with Gasteiger partial charge in [0, 0.05) is 0 Å². The fraction of sp³-hybridized carbons (Fsp3) is 0.588. The Bertz CT molecular complexity index is 643. The minimum atomic E-state index is -4.24. The lowest BCUT2D eigenvalue weighted by Gasteiger charge is -2.22. The number of carboxylic acid groups (broad SMARTS) is 1. The van der Waals surface area contributed by atoms with E-state index in [1.54, 1.807) is 0 Å². The third kappa shape index (κ3) is 5.23. The van der Waals surface area contributed by atoms with Crippen molar-refractivity contribution in [2.45, 2.75) is 59.3 Å². The monoisotopic (exact) mass is 341 g/mol. The Balaban J connectivity index is 3.52. The van der Waals surface area contributed by atoms with Gasteiger partial charge >= 0.3 is 10.1 Å². The van der Waals surface area contributed by atoms with Gasteiger partial charge in [0.15, 0.2) is 0 Å². The maximum Gasteiger partial charge on any atom is 0.314 e. The molecule has 0 aromatic heterocycles. The van der Waals surface area contributed by atoms with Crippen LogP contribution in [0.25, 0.3) is 0 Å². The predicted octanol–water partition coefficient (Wildman–Crippen LogP) is 2.52. The molecule has 0 atom stereocenters. The fourth-order valence-electron chi connectivity index (χ4n) is 2.29. The number of carboxylic acids is 1. The third-order valence-electron chi connectivity index (χ3n) is 3.58. The van der Waals surface area contributed by atoms with Crippen molar-refractivity contribution in [3.63, 3.8) is 0 Å². The number of benzene rings is 1. The van der Waals surface area contributed by atoms with Gasteiger partial charge in [0.25, 0.3) is 0 Å². The zero-order valence-corrected chi connectivity index (χ0v) is 15.4. The highest BCUT2D eigenvalue weighted by Crippen LogP contribution is 2.38. The summed E-state index contributed by atoms with van der Waals surface area (Å²) in [5.41, 5.74) is 2.63. The van der Waals surface area contributed by atoms with Gasteiger partial charge in [-0.1, -0.05) is 53.7 Å². The Morgan fingerprint density at radius 3 is 1.74 bits per heavy atom. The van der Waals surface area contributed by atoms with E-state index in [0.29, 0.717) is 5.92 Å². The van der Waals surface area contributed by atoms with Crippen molar-refractivity contribution in [1.29, 1.82) is 0 Å². The molecule has 23 heavy (non-hydrogen) atoms. The van der Waals surface area contributed by atoms with Gasteiger partial charge in [-0.15, -0.1) is 0 Å². The molecule has 5 nitrogen and oxygen atoms in total. The summed E-state index contributed by atoms with van der Waals surface area (Å²) in [5, 5.41) is 10.6. The summed E-state index contributed by atoms with van der Waals surface area (Å²) in [4.78, 5) is 10.6. The van der Waals surface area contributed by atoms with Crippen LogP contribution in [0.1, 0.15) is 76.0 Å². The van der Waals surface area contributed by atoms with E-state index in [1.807, 2.05) is 39.8 Å². The molecule has 0 fully saturated rings. The average Bonchev–Trinajstić information content (AvgIpc) is 2.35. The number of hydrogen-bond donors (Lipinski definition) is 0. The van der Waals surface area contributed by atoms with Crippen LogP contribution in [0.15, 0.2) is 12.1 Å². The molecule has 6 heteroatoms. The second-order valence-corrected chi connectivity index (χ2v) is 8.22. The summed E-state index contributed by atoms with van der Waals surface area (Å²) in [6.07, 6.45) is 0. The molecule has 0 bridgehead atoms. The number of carbonyl (C=O) groups is 1. The maximum absolute atomic E-state index is 11.9. The Hall–Kier alpha value is -1.56. The van der Waals surface area contributed by atoms with Gasteiger partial charge in [-0.25, -0.2) is 0 Å². The van der Waals surface area contributed by atoms with Crippen LogP contribution in [0.2, 0.25) is 0 Å². The van der Waals surface area contributed by atoms with Gasteiger partial charge in [0.2, 0.25) is 0 Å². The molecule has 0 amide bonds. The highest BCUT2D eigenvalue weighted by molar-refractivity contribution is 7.87. The summed E-state index contributed by atoms with van der Waals surface area (Å²) in [7, 11) is -4.24. The Morgan fingerprint density at radius 2 is 1.43 bits per heavy atom. The largest absolute Gasteiger partial charge is 0.549 e. The van der Waals surface area contributed by atoms with Gasteiger partial charge in [0.05, 0.1) is 5.97 Å². The highest BCUT2D eigenvalue weighted by Gasteiger charge is 2.23. The molecule has 0 spiro atoms. The lowest BCUT2D eigenvalue weighted by atomic mass is 9.88. The molecular formula is C17H25O5S-.